The van der Waals surface area contributed by atoms with E-state index < -0.39 is 0 Å². The topological polar surface area (TPSA) is 83.2 Å². The smallest absolute Gasteiger partial charge is 0.234 e. The number of rotatable bonds is 10. The number of fused-ring (bicyclic) bond motifs is 3. The molecule has 42 heavy (non-hydrogen) atoms. The number of imide groups is 1. The van der Waals surface area contributed by atoms with Crippen LogP contribution in [0.2, 0.25) is 0 Å². The Kier molecular flexibility index (Phi) is 8.80. The van der Waals surface area contributed by atoms with Crippen LogP contribution in [-0.4, -0.2) is 58.6 Å². The number of piperidine rings is 1. The number of furan rings is 1. The summed E-state index contributed by atoms with van der Waals surface area (Å²) in [6.45, 7) is 7.44. The molecule has 1 aromatic heterocycles. The van der Waals surface area contributed by atoms with Crippen molar-refractivity contribution in [3.63, 3.8) is 0 Å². The van der Waals surface area contributed by atoms with Crippen LogP contribution in [0.5, 0.6) is 0 Å². The Balaban J connectivity index is 1.10. The zero-order chi connectivity index (χ0) is 29.2. The van der Waals surface area contributed by atoms with E-state index in [1.54, 1.807) is 4.90 Å². The van der Waals surface area contributed by atoms with Gasteiger partial charge in [-0.05, 0) is 74.8 Å². The van der Waals surface area contributed by atoms with Crippen LogP contribution in [0.1, 0.15) is 75.9 Å². The Bertz CT molecular complexity index is 1340. The molecule has 7 heteroatoms. The number of carbonyl (C=O) groups is 2. The fourth-order valence-corrected chi connectivity index (χ4v) is 7.86. The van der Waals surface area contributed by atoms with E-state index >= 15 is 0 Å². The summed E-state index contributed by atoms with van der Waals surface area (Å²) in [7, 11) is 0. The van der Waals surface area contributed by atoms with Gasteiger partial charge in [0.1, 0.15) is 18.1 Å². The highest BCUT2D eigenvalue weighted by atomic mass is 16.5. The molecule has 3 saturated heterocycles. The first kappa shape index (κ1) is 29.1. The summed E-state index contributed by atoms with van der Waals surface area (Å²) in [5.74, 6) is 0.894. The van der Waals surface area contributed by atoms with Crippen LogP contribution in [0.25, 0.3) is 6.08 Å². The molecule has 4 atom stereocenters. The number of benzene rings is 1. The van der Waals surface area contributed by atoms with E-state index in [-0.39, 0.29) is 48.3 Å². The standard InChI is InChI=1S/C35H44N2O5/c1-3-7-24(19-27-11-12-28(21-38)42-27)10-13-31-32-23(2)18-29-33(30(32)22-41-31)35(40)37(34(29)39)26-14-16-36(17-15-26)20-25-8-5-4-6-9-25/h4-6,8-9,11-12,19,26,29-31,33,38H,3,7,10,13-18,20-22H2,1-2H3/b24-19+/t29-,30+,31-,33-/m1/s1. The number of likely N-dealkylation sites (tertiary alicyclic amines) is 2. The molecule has 224 valence electrons. The Morgan fingerprint density at radius 3 is 2.52 bits per heavy atom. The normalized spacial score (nSPS) is 27.2. The summed E-state index contributed by atoms with van der Waals surface area (Å²) in [6.07, 6.45) is 8.17. The average molecular weight is 573 g/mol. The van der Waals surface area contributed by atoms with Gasteiger partial charge < -0.3 is 14.3 Å². The molecule has 1 aliphatic carbocycles. The van der Waals surface area contributed by atoms with E-state index in [0.717, 1.165) is 63.9 Å². The van der Waals surface area contributed by atoms with Crippen LogP contribution in [0.15, 0.2) is 63.6 Å². The molecule has 3 aliphatic heterocycles. The third-order valence-electron chi connectivity index (χ3n) is 9.84. The summed E-state index contributed by atoms with van der Waals surface area (Å²) in [5, 5.41) is 9.33. The number of hydrogen-bond acceptors (Lipinski definition) is 6. The minimum atomic E-state index is -0.283. The number of ether oxygens (including phenoxy) is 1. The molecule has 0 radical (unpaired) electrons. The maximum absolute atomic E-state index is 13.9. The summed E-state index contributed by atoms with van der Waals surface area (Å²) in [5.41, 5.74) is 5.11. The van der Waals surface area contributed by atoms with E-state index in [4.69, 9.17) is 9.15 Å². The van der Waals surface area contributed by atoms with E-state index in [1.807, 2.05) is 18.2 Å². The minimum Gasteiger partial charge on any atom is -0.459 e. The van der Waals surface area contributed by atoms with E-state index in [9.17, 15) is 14.7 Å². The van der Waals surface area contributed by atoms with Gasteiger partial charge >= 0.3 is 0 Å². The van der Waals surface area contributed by atoms with Crippen LogP contribution in [0.4, 0.5) is 0 Å². The summed E-state index contributed by atoms with van der Waals surface area (Å²) in [6, 6.07) is 14.2. The molecule has 7 nitrogen and oxygen atoms in total. The second-order valence-corrected chi connectivity index (χ2v) is 12.6. The van der Waals surface area contributed by atoms with Gasteiger partial charge in [0.15, 0.2) is 0 Å². The predicted molar refractivity (Wildman–Crippen MR) is 161 cm³/mol. The average Bonchev–Trinajstić information content (AvgIpc) is 3.70. The Morgan fingerprint density at radius 1 is 1.02 bits per heavy atom. The van der Waals surface area contributed by atoms with Crippen molar-refractivity contribution in [1.82, 2.24) is 9.80 Å². The molecule has 0 spiro atoms. The Morgan fingerprint density at radius 2 is 1.81 bits per heavy atom. The largest absolute Gasteiger partial charge is 0.459 e. The lowest BCUT2D eigenvalue weighted by Crippen LogP contribution is -2.47. The highest BCUT2D eigenvalue weighted by Gasteiger charge is 2.57. The molecule has 0 unspecified atom stereocenters. The fourth-order valence-electron chi connectivity index (χ4n) is 7.86. The van der Waals surface area contributed by atoms with E-state index in [0.29, 0.717) is 18.8 Å². The molecule has 4 aliphatic rings. The number of carbonyl (C=O) groups excluding carboxylic acids is 2. The van der Waals surface area contributed by atoms with Crippen LogP contribution >= 0.6 is 0 Å². The van der Waals surface area contributed by atoms with Crippen molar-refractivity contribution in [2.75, 3.05) is 19.7 Å². The van der Waals surface area contributed by atoms with Crippen LogP contribution < -0.4 is 0 Å². The lowest BCUT2D eigenvalue weighted by atomic mass is 9.70. The van der Waals surface area contributed by atoms with Crippen LogP contribution in [-0.2, 0) is 27.5 Å². The van der Waals surface area contributed by atoms with Gasteiger partial charge in [-0.15, -0.1) is 0 Å². The maximum Gasteiger partial charge on any atom is 0.234 e. The lowest BCUT2D eigenvalue weighted by molar-refractivity contribution is -0.144. The van der Waals surface area contributed by atoms with E-state index in [1.165, 1.54) is 22.3 Å². The van der Waals surface area contributed by atoms with Gasteiger partial charge in [0.25, 0.3) is 0 Å². The second-order valence-electron chi connectivity index (χ2n) is 12.6. The third-order valence-corrected chi connectivity index (χ3v) is 9.84. The number of aliphatic hydroxyl groups is 1. The van der Waals surface area contributed by atoms with Crippen molar-refractivity contribution in [3.05, 3.63) is 76.3 Å². The zero-order valence-electron chi connectivity index (χ0n) is 25.0. The van der Waals surface area contributed by atoms with Crippen LogP contribution in [0.3, 0.4) is 0 Å². The van der Waals surface area contributed by atoms with E-state index in [2.05, 4.69) is 49.1 Å². The first-order chi connectivity index (χ1) is 20.5. The van der Waals surface area contributed by atoms with Crippen molar-refractivity contribution in [2.45, 2.75) is 84.1 Å². The molecule has 1 N–H and O–H groups in total. The van der Waals surface area contributed by atoms with Gasteiger partial charge in [-0.1, -0.05) is 54.8 Å². The summed E-state index contributed by atoms with van der Waals surface area (Å²) < 4.78 is 12.1. The van der Waals surface area contributed by atoms with Crippen molar-refractivity contribution in [2.24, 2.45) is 17.8 Å². The summed E-state index contributed by atoms with van der Waals surface area (Å²) in [4.78, 5) is 31.8. The first-order valence-electron chi connectivity index (χ1n) is 15.8. The van der Waals surface area contributed by atoms with Gasteiger partial charge in [0, 0.05) is 31.6 Å². The minimum absolute atomic E-state index is 0.000753. The molecular formula is C35H44N2O5. The van der Waals surface area contributed by atoms with Gasteiger partial charge in [-0.2, -0.15) is 0 Å². The molecule has 0 bridgehead atoms. The number of aliphatic hydroxyl groups excluding tert-OH is 1. The van der Waals surface area contributed by atoms with Crippen molar-refractivity contribution < 1.29 is 23.8 Å². The first-order valence-corrected chi connectivity index (χ1v) is 15.8. The highest BCUT2D eigenvalue weighted by molar-refractivity contribution is 6.06. The zero-order valence-corrected chi connectivity index (χ0v) is 25.0. The molecule has 2 aromatic rings. The summed E-state index contributed by atoms with van der Waals surface area (Å²) >= 11 is 0. The number of allylic oxidation sites excluding steroid dienone is 2. The SMILES string of the molecule is CCC/C(=C\c1ccc(CO)o1)CC[C@H]1OC[C@H]2C1=C(C)C[C@H]1C(=O)N(C3CCN(Cc4ccccc4)CC3)C(=O)[C@H]12. The van der Waals surface area contributed by atoms with Gasteiger partial charge in [-0.25, -0.2) is 0 Å². The number of hydrogen-bond donors (Lipinski definition) is 1. The fraction of sp³-hybridized carbons (Fsp3) is 0.543. The van der Waals surface area contributed by atoms with Crippen molar-refractivity contribution in [3.8, 4) is 0 Å². The van der Waals surface area contributed by atoms with Crippen LogP contribution in [0, 0.1) is 17.8 Å². The molecule has 2 amide bonds. The second kappa shape index (κ2) is 12.7. The Hall–Kier alpha value is -3.00. The van der Waals surface area contributed by atoms with Gasteiger partial charge in [0.05, 0.1) is 24.5 Å². The molecule has 3 fully saturated rings. The van der Waals surface area contributed by atoms with Crippen molar-refractivity contribution >= 4 is 17.9 Å². The van der Waals surface area contributed by atoms with Gasteiger partial charge in [-0.3, -0.25) is 19.4 Å². The highest BCUT2D eigenvalue weighted by Crippen LogP contribution is 2.50. The predicted octanol–water partition coefficient (Wildman–Crippen LogP) is 5.74. The van der Waals surface area contributed by atoms with Gasteiger partial charge in [0.2, 0.25) is 11.8 Å². The molecule has 0 saturated carbocycles. The maximum atomic E-state index is 13.9. The van der Waals surface area contributed by atoms with Crippen molar-refractivity contribution in [1.29, 1.82) is 0 Å². The molecule has 6 rings (SSSR count). The molecule has 1 aromatic carbocycles. The third kappa shape index (κ3) is 5.79. The Labute approximate surface area is 249 Å². The quantitative estimate of drug-likeness (QED) is 0.289. The lowest BCUT2D eigenvalue weighted by Gasteiger charge is -2.36. The number of amides is 2. The number of nitrogens with zero attached hydrogens (tertiary/aromatic N) is 2. The molecular weight excluding hydrogens is 528 g/mol. The monoisotopic (exact) mass is 572 g/mol. The molecule has 4 heterocycles.